The van der Waals surface area contributed by atoms with Crippen LogP contribution < -0.4 is 14.8 Å². The molecule has 1 N–H and O–H groups in total. The number of amides is 1. The fourth-order valence-electron chi connectivity index (χ4n) is 3.22. The van der Waals surface area contributed by atoms with Crippen LogP contribution in [-0.2, 0) is 17.8 Å². The largest absolute Gasteiger partial charge is 0.493 e. The number of benzene rings is 3. The van der Waals surface area contributed by atoms with Gasteiger partial charge >= 0.3 is 0 Å². The average Bonchev–Trinajstić information content (AvgIpc) is 3.18. The van der Waals surface area contributed by atoms with Crippen LogP contribution in [-0.4, -0.2) is 18.2 Å². The summed E-state index contributed by atoms with van der Waals surface area (Å²) in [4.78, 5) is 17.6. The minimum Gasteiger partial charge on any atom is -0.493 e. The fraction of sp³-hybridized carbons (Fsp3) is 0.154. The molecule has 0 aromatic heterocycles. The molecular weight excluding hydrogens is 580 g/mol. The summed E-state index contributed by atoms with van der Waals surface area (Å²) < 4.78 is 13.3. The van der Waals surface area contributed by atoms with Gasteiger partial charge in [-0.15, -0.1) is 0 Å². The van der Waals surface area contributed by atoms with Crippen molar-refractivity contribution < 1.29 is 14.3 Å². The lowest BCUT2D eigenvalue weighted by atomic mass is 10.1. The Labute approximate surface area is 219 Å². The molecule has 0 aliphatic carbocycles. The van der Waals surface area contributed by atoms with Crippen molar-refractivity contribution in [2.24, 2.45) is 4.99 Å². The van der Waals surface area contributed by atoms with E-state index in [1.807, 2.05) is 66.7 Å². The molecule has 1 heterocycles. The molecule has 1 saturated heterocycles. The first-order valence-corrected chi connectivity index (χ1v) is 13.0. The van der Waals surface area contributed by atoms with Gasteiger partial charge in [-0.25, -0.2) is 4.99 Å². The van der Waals surface area contributed by atoms with Crippen molar-refractivity contribution in [3.05, 3.63) is 91.2 Å². The summed E-state index contributed by atoms with van der Waals surface area (Å²) in [6, 6.07) is 19.6. The van der Waals surface area contributed by atoms with Gasteiger partial charge < -0.3 is 14.8 Å². The number of hydrogen-bond acceptors (Lipinski definition) is 5. The van der Waals surface area contributed by atoms with E-state index in [1.165, 1.54) is 17.3 Å². The molecule has 1 fully saturated rings. The number of nitrogens with one attached hydrogen (secondary N) is 1. The van der Waals surface area contributed by atoms with E-state index in [2.05, 4.69) is 49.1 Å². The molecule has 174 valence electrons. The van der Waals surface area contributed by atoms with E-state index < -0.39 is 0 Å². The Kier molecular flexibility index (Phi) is 8.13. The van der Waals surface area contributed by atoms with Crippen molar-refractivity contribution in [2.75, 3.05) is 7.11 Å². The van der Waals surface area contributed by atoms with Crippen LogP contribution in [0.15, 0.2) is 79.5 Å². The zero-order valence-corrected chi connectivity index (χ0v) is 22.6. The van der Waals surface area contributed by atoms with Crippen LogP contribution in [0.3, 0.4) is 0 Å². The number of nitrogens with zero attached hydrogens (tertiary/aromatic N) is 1. The minimum absolute atomic E-state index is 0.185. The van der Waals surface area contributed by atoms with Crippen LogP contribution in [0.4, 0.5) is 5.69 Å². The first-order chi connectivity index (χ1) is 16.4. The Morgan fingerprint density at radius 2 is 1.71 bits per heavy atom. The predicted molar refractivity (Wildman–Crippen MR) is 146 cm³/mol. The number of rotatable bonds is 7. The summed E-state index contributed by atoms with van der Waals surface area (Å²) in [5.74, 6) is 1.01. The quantitative estimate of drug-likeness (QED) is 0.290. The summed E-state index contributed by atoms with van der Waals surface area (Å²) in [5, 5.41) is 3.39. The zero-order valence-electron chi connectivity index (χ0n) is 18.6. The van der Waals surface area contributed by atoms with Crippen LogP contribution in [0.25, 0.3) is 6.08 Å². The molecule has 1 aliphatic rings. The molecule has 3 aromatic rings. The van der Waals surface area contributed by atoms with Gasteiger partial charge in [0.2, 0.25) is 0 Å². The third-order valence-electron chi connectivity index (χ3n) is 5.10. The number of hydrogen-bond donors (Lipinski definition) is 1. The normalized spacial score (nSPS) is 15.6. The number of thioether (sulfide) groups is 1. The van der Waals surface area contributed by atoms with Gasteiger partial charge in [0.05, 0.1) is 17.7 Å². The van der Waals surface area contributed by atoms with Gasteiger partial charge in [-0.3, -0.25) is 4.79 Å². The number of amidine groups is 1. The predicted octanol–water partition coefficient (Wildman–Crippen LogP) is 7.25. The van der Waals surface area contributed by atoms with E-state index in [4.69, 9.17) is 9.47 Å². The van der Waals surface area contributed by atoms with Gasteiger partial charge in [0.25, 0.3) is 5.91 Å². The van der Waals surface area contributed by atoms with Crippen molar-refractivity contribution in [1.29, 1.82) is 0 Å². The smallest absolute Gasteiger partial charge is 0.264 e. The summed E-state index contributed by atoms with van der Waals surface area (Å²) in [6.45, 7) is 2.52. The lowest BCUT2D eigenvalue weighted by molar-refractivity contribution is -0.115. The highest BCUT2D eigenvalue weighted by Crippen LogP contribution is 2.37. The van der Waals surface area contributed by atoms with E-state index in [0.717, 1.165) is 32.2 Å². The van der Waals surface area contributed by atoms with Crippen LogP contribution in [0.5, 0.6) is 11.5 Å². The van der Waals surface area contributed by atoms with Crippen molar-refractivity contribution in [2.45, 2.75) is 20.0 Å². The van der Waals surface area contributed by atoms with Crippen LogP contribution in [0.1, 0.15) is 23.6 Å². The second kappa shape index (κ2) is 11.3. The van der Waals surface area contributed by atoms with E-state index in [1.54, 1.807) is 7.11 Å². The molecule has 34 heavy (non-hydrogen) atoms. The Balaban J connectivity index is 1.51. The highest BCUT2D eigenvalue weighted by molar-refractivity contribution is 9.10. The minimum atomic E-state index is -0.185. The molecular formula is C26H22Br2N2O3S. The van der Waals surface area contributed by atoms with Crippen LogP contribution in [0, 0.1) is 0 Å². The Morgan fingerprint density at radius 3 is 2.38 bits per heavy atom. The highest BCUT2D eigenvalue weighted by atomic mass is 79.9. The molecule has 5 nitrogen and oxygen atoms in total. The summed E-state index contributed by atoms with van der Waals surface area (Å²) in [6.07, 6.45) is 2.79. The van der Waals surface area contributed by atoms with Crippen LogP contribution >= 0.6 is 43.6 Å². The molecule has 3 aromatic carbocycles. The molecule has 0 unspecified atom stereocenters. The molecule has 0 bridgehead atoms. The SMILES string of the molecule is CCc1ccc(N=C2NC(=O)/C(=C/c3cc(OC)c(OCc4ccc(Br)cc4)cc3Br)S2)cc1. The second-order valence-electron chi connectivity index (χ2n) is 7.44. The van der Waals surface area contributed by atoms with E-state index in [9.17, 15) is 4.79 Å². The van der Waals surface area contributed by atoms with Gasteiger partial charge in [-0.05, 0) is 77.3 Å². The lowest BCUT2D eigenvalue weighted by Crippen LogP contribution is -2.19. The van der Waals surface area contributed by atoms with Gasteiger partial charge in [0.15, 0.2) is 16.7 Å². The maximum Gasteiger partial charge on any atom is 0.264 e. The number of ether oxygens (including phenoxy) is 2. The van der Waals surface area contributed by atoms with Crippen molar-refractivity contribution in [3.63, 3.8) is 0 Å². The summed E-state index contributed by atoms with van der Waals surface area (Å²) in [5.41, 5.74) is 3.90. The highest BCUT2D eigenvalue weighted by Gasteiger charge is 2.24. The lowest BCUT2D eigenvalue weighted by Gasteiger charge is -2.13. The third-order valence-corrected chi connectivity index (χ3v) is 7.23. The first-order valence-electron chi connectivity index (χ1n) is 10.6. The number of carbonyl (C=O) groups is 1. The fourth-order valence-corrected chi connectivity index (χ4v) is 4.75. The molecule has 0 radical (unpaired) electrons. The Hall–Kier alpha value is -2.55. The average molecular weight is 602 g/mol. The number of halogens is 2. The van der Waals surface area contributed by atoms with E-state index in [-0.39, 0.29) is 5.91 Å². The summed E-state index contributed by atoms with van der Waals surface area (Å²) in [7, 11) is 1.60. The first kappa shape index (κ1) is 24.6. The third kappa shape index (κ3) is 6.11. The molecule has 0 spiro atoms. The Bertz CT molecular complexity index is 1260. The van der Waals surface area contributed by atoms with Crippen molar-refractivity contribution in [1.82, 2.24) is 5.32 Å². The zero-order chi connectivity index (χ0) is 24.1. The number of aliphatic imine (C=N–C) groups is 1. The molecule has 4 rings (SSSR count). The molecule has 8 heteroatoms. The monoisotopic (exact) mass is 600 g/mol. The topological polar surface area (TPSA) is 59.9 Å². The Morgan fingerprint density at radius 1 is 1.00 bits per heavy atom. The molecule has 1 amide bonds. The molecule has 1 aliphatic heterocycles. The maximum absolute atomic E-state index is 12.5. The van der Waals surface area contributed by atoms with Gasteiger partial charge in [-0.2, -0.15) is 0 Å². The van der Waals surface area contributed by atoms with E-state index in [0.29, 0.717) is 28.2 Å². The van der Waals surface area contributed by atoms with Crippen LogP contribution in [0.2, 0.25) is 0 Å². The maximum atomic E-state index is 12.5. The number of methoxy groups -OCH3 is 1. The van der Waals surface area contributed by atoms with E-state index >= 15 is 0 Å². The van der Waals surface area contributed by atoms with Gasteiger partial charge in [0, 0.05) is 8.95 Å². The summed E-state index contributed by atoms with van der Waals surface area (Å²) >= 11 is 8.34. The molecule has 0 atom stereocenters. The second-order valence-corrected chi connectivity index (χ2v) is 10.2. The van der Waals surface area contributed by atoms with Crippen molar-refractivity contribution in [3.8, 4) is 11.5 Å². The van der Waals surface area contributed by atoms with Gasteiger partial charge in [-0.1, -0.05) is 63.0 Å². The molecule has 0 saturated carbocycles. The number of aryl methyl sites for hydroxylation is 1. The standard InChI is InChI=1S/C26H22Br2N2O3S/c1-3-16-6-10-20(11-7-16)29-26-30-25(31)24(34-26)13-18-12-22(32-2)23(14-21(18)28)33-15-17-4-8-19(27)9-5-17/h4-14H,3,15H2,1-2H3,(H,29,30,31)/b24-13-. The number of carbonyl (C=O) groups excluding carboxylic acids is 1. The van der Waals surface area contributed by atoms with Gasteiger partial charge in [0.1, 0.15) is 6.61 Å². The van der Waals surface area contributed by atoms with Crippen molar-refractivity contribution >= 4 is 66.5 Å².